The van der Waals surface area contributed by atoms with Gasteiger partial charge in [-0.3, -0.25) is 4.90 Å². The van der Waals surface area contributed by atoms with Crippen molar-refractivity contribution in [2.24, 2.45) is 0 Å². The molecular formula is C11H19NO4. The van der Waals surface area contributed by atoms with Gasteiger partial charge in [0.05, 0.1) is 0 Å². The van der Waals surface area contributed by atoms with Gasteiger partial charge in [-0.2, -0.15) is 0 Å². The van der Waals surface area contributed by atoms with Crippen molar-refractivity contribution in [3.8, 4) is 0 Å². The number of carbonyl (C=O) groups is 2. The fourth-order valence-electron chi connectivity index (χ4n) is 1.78. The fourth-order valence-corrected chi connectivity index (χ4v) is 1.78. The van der Waals surface area contributed by atoms with E-state index in [9.17, 15) is 9.59 Å². The molecule has 1 unspecified atom stereocenters. The van der Waals surface area contributed by atoms with Crippen LogP contribution in [0.5, 0.6) is 0 Å². The summed E-state index contributed by atoms with van der Waals surface area (Å²) in [6, 6.07) is -0.634. The minimum absolute atomic E-state index is 0.416. The molecular weight excluding hydrogens is 210 g/mol. The molecule has 0 bridgehead atoms. The van der Waals surface area contributed by atoms with Crippen molar-refractivity contribution in [2.45, 2.75) is 51.7 Å². The molecule has 0 radical (unpaired) electrons. The van der Waals surface area contributed by atoms with Crippen LogP contribution in [0.25, 0.3) is 0 Å². The van der Waals surface area contributed by atoms with Gasteiger partial charge >= 0.3 is 12.1 Å². The third kappa shape index (κ3) is 3.40. The Hall–Kier alpha value is -1.26. The lowest BCUT2D eigenvalue weighted by molar-refractivity contribution is -0.161. The summed E-state index contributed by atoms with van der Waals surface area (Å²) in [5.74, 6) is -0.436. The minimum atomic E-state index is -1.05. The van der Waals surface area contributed by atoms with Crippen LogP contribution in [0.15, 0.2) is 0 Å². The Morgan fingerprint density at radius 3 is 2.44 bits per heavy atom. The summed E-state index contributed by atoms with van der Waals surface area (Å²) < 4.78 is 5.21. The van der Waals surface area contributed by atoms with E-state index in [0.29, 0.717) is 13.0 Å². The fraction of sp³-hybridized carbons (Fsp3) is 0.818. The van der Waals surface area contributed by atoms with Crippen LogP contribution in [0.1, 0.15) is 40.0 Å². The second-order valence-corrected chi connectivity index (χ2v) is 5.02. The molecule has 1 aliphatic rings. The van der Waals surface area contributed by atoms with Crippen molar-refractivity contribution in [2.75, 3.05) is 6.54 Å². The molecule has 1 aliphatic heterocycles. The van der Waals surface area contributed by atoms with Crippen molar-refractivity contribution in [3.05, 3.63) is 0 Å². The van der Waals surface area contributed by atoms with E-state index in [-0.39, 0.29) is 0 Å². The summed E-state index contributed by atoms with van der Waals surface area (Å²) in [5.41, 5.74) is -0.571. The smallest absolute Gasteiger partial charge is 0.408 e. The first-order chi connectivity index (χ1) is 7.31. The lowest BCUT2D eigenvalue weighted by Crippen LogP contribution is -2.49. The highest BCUT2D eigenvalue weighted by Gasteiger charge is 2.34. The Morgan fingerprint density at radius 1 is 1.31 bits per heavy atom. The Kier molecular flexibility index (Phi) is 3.78. The average Bonchev–Trinajstić information content (AvgIpc) is 2.15. The zero-order chi connectivity index (χ0) is 12.3. The molecule has 0 aromatic carbocycles. The molecule has 0 aromatic rings. The number of carbonyl (C=O) groups excluding carboxylic acids is 1. The van der Waals surface area contributed by atoms with E-state index in [1.165, 1.54) is 4.90 Å². The Balaban J connectivity index is 2.68. The highest BCUT2D eigenvalue weighted by molar-refractivity contribution is 5.81. The lowest BCUT2D eigenvalue weighted by atomic mass is 10.0. The predicted octanol–water partition coefficient (Wildman–Crippen LogP) is 1.86. The molecule has 16 heavy (non-hydrogen) atoms. The molecule has 92 valence electrons. The van der Waals surface area contributed by atoms with Gasteiger partial charge in [0, 0.05) is 6.54 Å². The Bertz CT molecular complexity index is 282. The second-order valence-electron chi connectivity index (χ2n) is 5.02. The van der Waals surface area contributed by atoms with Crippen molar-refractivity contribution < 1.29 is 19.4 Å². The molecule has 1 atom stereocenters. The number of ether oxygens (including phenoxy) is 1. The first-order valence-corrected chi connectivity index (χ1v) is 5.54. The highest BCUT2D eigenvalue weighted by Crippen LogP contribution is 2.20. The van der Waals surface area contributed by atoms with Crippen LogP contribution >= 0.6 is 0 Å². The van der Waals surface area contributed by atoms with Gasteiger partial charge in [0.1, 0.15) is 11.6 Å². The Morgan fingerprint density at radius 2 is 1.94 bits per heavy atom. The van der Waals surface area contributed by atoms with Crippen LogP contribution in [-0.4, -0.2) is 40.3 Å². The number of nitrogens with zero attached hydrogens (tertiary/aromatic N) is 1. The predicted molar refractivity (Wildman–Crippen MR) is 58.2 cm³/mol. The maximum absolute atomic E-state index is 11.8. The normalized spacial score (nSPS) is 21.7. The first kappa shape index (κ1) is 12.8. The number of hydrogen-bond donors (Lipinski definition) is 1. The number of piperidine rings is 1. The molecule has 0 spiro atoms. The molecule has 0 aromatic heterocycles. The molecule has 5 nitrogen and oxygen atoms in total. The largest absolute Gasteiger partial charge is 0.465 e. The van der Waals surface area contributed by atoms with Gasteiger partial charge in [-0.15, -0.1) is 0 Å². The van der Waals surface area contributed by atoms with E-state index in [1.807, 2.05) is 0 Å². The number of carboxylic acid groups (broad SMARTS) is 1. The van der Waals surface area contributed by atoms with Crippen LogP contribution < -0.4 is 0 Å². The maximum Gasteiger partial charge on any atom is 0.408 e. The maximum atomic E-state index is 11.8. The molecule has 5 heteroatoms. The molecule has 0 saturated carbocycles. The summed E-state index contributed by atoms with van der Waals surface area (Å²) in [7, 11) is 0. The topological polar surface area (TPSA) is 66.8 Å². The number of amides is 1. The van der Waals surface area contributed by atoms with E-state index in [2.05, 4.69) is 0 Å². The van der Waals surface area contributed by atoms with Gasteiger partial charge in [0.2, 0.25) is 0 Å². The van der Waals surface area contributed by atoms with Gasteiger partial charge in [-0.05, 0) is 40.0 Å². The standard InChI is InChI=1S/C11H19NO4/c1-11(2,3)16-9(13)8-6-4-5-7-12(8)10(14)15/h8H,4-7H2,1-3H3,(H,14,15). The molecule has 1 heterocycles. The van der Waals surface area contributed by atoms with E-state index in [4.69, 9.17) is 9.84 Å². The first-order valence-electron chi connectivity index (χ1n) is 5.54. The monoisotopic (exact) mass is 229 g/mol. The third-order valence-electron chi connectivity index (χ3n) is 2.43. The van der Waals surface area contributed by atoms with Crippen molar-refractivity contribution in [3.63, 3.8) is 0 Å². The number of hydrogen-bond acceptors (Lipinski definition) is 3. The van der Waals surface area contributed by atoms with Crippen molar-refractivity contribution >= 4 is 12.1 Å². The van der Waals surface area contributed by atoms with E-state index in [0.717, 1.165) is 12.8 Å². The van der Waals surface area contributed by atoms with Gasteiger partial charge in [-0.25, -0.2) is 9.59 Å². The molecule has 1 amide bonds. The lowest BCUT2D eigenvalue weighted by Gasteiger charge is -2.33. The minimum Gasteiger partial charge on any atom is -0.465 e. The van der Waals surface area contributed by atoms with Gasteiger partial charge in [-0.1, -0.05) is 0 Å². The van der Waals surface area contributed by atoms with E-state index in [1.54, 1.807) is 20.8 Å². The summed E-state index contributed by atoms with van der Waals surface area (Å²) in [6.07, 6.45) is 1.19. The average molecular weight is 229 g/mol. The van der Waals surface area contributed by atoms with Gasteiger partial charge < -0.3 is 9.84 Å². The summed E-state index contributed by atoms with van der Waals surface area (Å²) in [6.45, 7) is 5.75. The number of likely N-dealkylation sites (tertiary alicyclic amines) is 1. The second kappa shape index (κ2) is 4.72. The SMILES string of the molecule is CC(C)(C)OC(=O)C1CCCCN1C(=O)O. The van der Waals surface area contributed by atoms with Crippen LogP contribution in [0.3, 0.4) is 0 Å². The van der Waals surface area contributed by atoms with Gasteiger partial charge in [0.25, 0.3) is 0 Å². The molecule has 1 fully saturated rings. The molecule has 1 N–H and O–H groups in total. The molecule has 1 saturated heterocycles. The number of esters is 1. The quantitative estimate of drug-likeness (QED) is 0.697. The van der Waals surface area contributed by atoms with E-state index >= 15 is 0 Å². The zero-order valence-electron chi connectivity index (χ0n) is 10.0. The summed E-state index contributed by atoms with van der Waals surface area (Å²) in [4.78, 5) is 23.9. The van der Waals surface area contributed by atoms with Crippen molar-refractivity contribution in [1.29, 1.82) is 0 Å². The van der Waals surface area contributed by atoms with Gasteiger partial charge in [0.15, 0.2) is 0 Å². The Labute approximate surface area is 95.4 Å². The highest BCUT2D eigenvalue weighted by atomic mass is 16.6. The van der Waals surface area contributed by atoms with Crippen LogP contribution in [0.2, 0.25) is 0 Å². The summed E-state index contributed by atoms with van der Waals surface area (Å²) >= 11 is 0. The zero-order valence-corrected chi connectivity index (χ0v) is 10.0. The van der Waals surface area contributed by atoms with Crippen LogP contribution in [0.4, 0.5) is 4.79 Å². The van der Waals surface area contributed by atoms with Crippen LogP contribution in [0, 0.1) is 0 Å². The van der Waals surface area contributed by atoms with Crippen molar-refractivity contribution in [1.82, 2.24) is 4.90 Å². The number of rotatable bonds is 1. The van der Waals surface area contributed by atoms with E-state index < -0.39 is 23.7 Å². The van der Waals surface area contributed by atoms with Crippen LogP contribution in [-0.2, 0) is 9.53 Å². The molecule has 1 rings (SSSR count). The summed E-state index contributed by atoms with van der Waals surface area (Å²) in [5, 5.41) is 8.97. The molecule has 0 aliphatic carbocycles. The third-order valence-corrected chi connectivity index (χ3v) is 2.43.